The fraction of sp³-hybridized carbons (Fsp3) is 0.481. The average molecular weight is 455 g/mol. The van der Waals surface area contributed by atoms with Crippen molar-refractivity contribution >= 4 is 12.2 Å². The first kappa shape index (κ1) is 26.2. The molecule has 0 fully saturated rings. The van der Waals surface area contributed by atoms with E-state index in [0.29, 0.717) is 6.42 Å². The lowest BCUT2D eigenvalue weighted by Gasteiger charge is -2.27. The second-order valence-electron chi connectivity index (χ2n) is 9.72. The van der Waals surface area contributed by atoms with Crippen LogP contribution in [0, 0.1) is 27.7 Å². The van der Waals surface area contributed by atoms with Gasteiger partial charge in [0.2, 0.25) is 0 Å². The van der Waals surface area contributed by atoms with E-state index in [1.807, 2.05) is 65.8 Å². The SMILES string of the molecule is Cc1ccc(C(C)(C)NC(=O)OCCCOC(=O)NC(C)(C)c2ccc(C)c(C)c2)cc1C. The zero-order valence-corrected chi connectivity index (χ0v) is 21.2. The van der Waals surface area contributed by atoms with Crippen molar-refractivity contribution in [3.63, 3.8) is 0 Å². The summed E-state index contributed by atoms with van der Waals surface area (Å²) < 4.78 is 10.5. The van der Waals surface area contributed by atoms with Crippen molar-refractivity contribution < 1.29 is 19.1 Å². The maximum atomic E-state index is 12.2. The van der Waals surface area contributed by atoms with Crippen LogP contribution in [0.3, 0.4) is 0 Å². The van der Waals surface area contributed by atoms with Crippen LogP contribution in [0.15, 0.2) is 36.4 Å². The van der Waals surface area contributed by atoms with Crippen LogP contribution in [-0.4, -0.2) is 25.4 Å². The molecule has 0 aliphatic rings. The van der Waals surface area contributed by atoms with Gasteiger partial charge in [0, 0.05) is 6.42 Å². The third-order valence-electron chi connectivity index (χ3n) is 6.04. The number of hydrogen-bond acceptors (Lipinski definition) is 4. The van der Waals surface area contributed by atoms with Gasteiger partial charge in [-0.3, -0.25) is 0 Å². The van der Waals surface area contributed by atoms with Crippen molar-refractivity contribution in [2.45, 2.75) is 72.9 Å². The van der Waals surface area contributed by atoms with Crippen molar-refractivity contribution in [2.24, 2.45) is 0 Å². The molecule has 0 aliphatic carbocycles. The molecule has 0 heterocycles. The van der Waals surface area contributed by atoms with Crippen LogP contribution >= 0.6 is 0 Å². The fourth-order valence-corrected chi connectivity index (χ4v) is 3.38. The highest BCUT2D eigenvalue weighted by atomic mass is 16.6. The third kappa shape index (κ3) is 7.52. The Hall–Kier alpha value is -3.02. The topological polar surface area (TPSA) is 76.7 Å². The van der Waals surface area contributed by atoms with Gasteiger partial charge in [0.25, 0.3) is 0 Å². The van der Waals surface area contributed by atoms with E-state index in [2.05, 4.69) is 36.6 Å². The Bertz CT molecular complexity index is 916. The molecule has 0 spiro atoms. The molecular weight excluding hydrogens is 416 g/mol. The number of hydrogen-bond donors (Lipinski definition) is 2. The lowest BCUT2D eigenvalue weighted by molar-refractivity contribution is 0.110. The smallest absolute Gasteiger partial charge is 0.407 e. The summed E-state index contributed by atoms with van der Waals surface area (Å²) in [4.78, 5) is 24.4. The Balaban J connectivity index is 1.73. The molecule has 0 aliphatic heterocycles. The van der Waals surface area contributed by atoms with Gasteiger partial charge in [0.15, 0.2) is 0 Å². The highest BCUT2D eigenvalue weighted by Gasteiger charge is 2.25. The zero-order valence-electron chi connectivity index (χ0n) is 21.2. The van der Waals surface area contributed by atoms with Crippen LogP contribution in [0.2, 0.25) is 0 Å². The molecule has 2 amide bonds. The summed E-state index contributed by atoms with van der Waals surface area (Å²) >= 11 is 0. The molecule has 0 saturated carbocycles. The number of ether oxygens (including phenoxy) is 2. The van der Waals surface area contributed by atoms with Crippen LogP contribution in [0.25, 0.3) is 0 Å². The molecule has 180 valence electrons. The lowest BCUT2D eigenvalue weighted by atomic mass is 9.92. The van der Waals surface area contributed by atoms with Crippen LogP contribution in [-0.2, 0) is 20.6 Å². The van der Waals surface area contributed by atoms with E-state index in [1.54, 1.807) is 0 Å². The maximum absolute atomic E-state index is 12.2. The van der Waals surface area contributed by atoms with Crippen LogP contribution in [0.5, 0.6) is 0 Å². The van der Waals surface area contributed by atoms with E-state index in [0.717, 1.165) is 11.1 Å². The summed E-state index contributed by atoms with van der Waals surface area (Å²) in [5.41, 5.74) is 5.65. The molecule has 2 N–H and O–H groups in total. The van der Waals surface area contributed by atoms with E-state index in [4.69, 9.17) is 9.47 Å². The lowest BCUT2D eigenvalue weighted by Crippen LogP contribution is -2.42. The minimum absolute atomic E-state index is 0.155. The summed E-state index contributed by atoms with van der Waals surface area (Å²) in [7, 11) is 0. The molecule has 0 unspecified atom stereocenters. The molecule has 2 aromatic rings. The summed E-state index contributed by atoms with van der Waals surface area (Å²) in [5, 5.41) is 5.79. The quantitative estimate of drug-likeness (QED) is 0.485. The standard InChI is InChI=1S/C27H38N2O4/c1-18-10-12-22(16-20(18)3)26(5,6)28-24(30)32-14-9-15-33-25(31)29-27(7,8)23-13-11-19(2)21(4)17-23/h10-13,16-17H,9,14-15H2,1-8H3,(H,28,30)(H,29,31). The number of nitrogens with one attached hydrogen (secondary N) is 2. The van der Waals surface area contributed by atoms with Gasteiger partial charge in [-0.2, -0.15) is 0 Å². The summed E-state index contributed by atoms with van der Waals surface area (Å²) in [6.45, 7) is 16.3. The van der Waals surface area contributed by atoms with Crippen molar-refractivity contribution in [1.82, 2.24) is 10.6 Å². The number of rotatable bonds is 8. The van der Waals surface area contributed by atoms with Gasteiger partial charge in [0.1, 0.15) is 0 Å². The van der Waals surface area contributed by atoms with E-state index >= 15 is 0 Å². The normalized spacial score (nSPS) is 11.6. The first-order valence-corrected chi connectivity index (χ1v) is 11.4. The van der Waals surface area contributed by atoms with Gasteiger partial charge in [-0.25, -0.2) is 9.59 Å². The maximum Gasteiger partial charge on any atom is 0.407 e. The molecule has 6 heteroatoms. The third-order valence-corrected chi connectivity index (χ3v) is 6.04. The Kier molecular flexibility index (Phi) is 8.53. The van der Waals surface area contributed by atoms with Gasteiger partial charge in [-0.1, -0.05) is 36.4 Å². The van der Waals surface area contributed by atoms with E-state index in [1.165, 1.54) is 22.3 Å². The van der Waals surface area contributed by atoms with Crippen LogP contribution in [0.1, 0.15) is 67.5 Å². The minimum Gasteiger partial charge on any atom is -0.449 e. The predicted molar refractivity (Wildman–Crippen MR) is 131 cm³/mol. The Morgan fingerprint density at radius 3 is 1.36 bits per heavy atom. The van der Waals surface area contributed by atoms with Gasteiger partial charge >= 0.3 is 12.2 Å². The predicted octanol–water partition coefficient (Wildman–Crippen LogP) is 5.93. The largest absolute Gasteiger partial charge is 0.449 e. The molecule has 0 radical (unpaired) electrons. The second-order valence-corrected chi connectivity index (χ2v) is 9.72. The minimum atomic E-state index is -0.564. The average Bonchev–Trinajstić information content (AvgIpc) is 2.70. The molecule has 2 rings (SSSR count). The molecule has 2 aromatic carbocycles. The van der Waals surface area contributed by atoms with Gasteiger partial charge in [-0.15, -0.1) is 0 Å². The second kappa shape index (κ2) is 10.7. The van der Waals surface area contributed by atoms with Gasteiger partial charge < -0.3 is 20.1 Å². The van der Waals surface area contributed by atoms with Gasteiger partial charge in [0.05, 0.1) is 24.3 Å². The van der Waals surface area contributed by atoms with Gasteiger partial charge in [-0.05, 0) is 88.8 Å². The van der Waals surface area contributed by atoms with E-state index < -0.39 is 23.3 Å². The first-order valence-electron chi connectivity index (χ1n) is 11.4. The number of alkyl carbamates (subject to hydrolysis) is 2. The Morgan fingerprint density at radius 2 is 1.03 bits per heavy atom. The molecule has 0 bridgehead atoms. The first-order chi connectivity index (χ1) is 15.3. The Morgan fingerprint density at radius 1 is 0.667 bits per heavy atom. The van der Waals surface area contributed by atoms with E-state index in [9.17, 15) is 9.59 Å². The zero-order chi connectivity index (χ0) is 24.8. The molecule has 33 heavy (non-hydrogen) atoms. The number of carbonyl (C=O) groups excluding carboxylic acids is 2. The van der Waals surface area contributed by atoms with Crippen molar-refractivity contribution in [3.8, 4) is 0 Å². The number of benzene rings is 2. The van der Waals surface area contributed by atoms with Crippen molar-refractivity contribution in [2.75, 3.05) is 13.2 Å². The highest BCUT2D eigenvalue weighted by Crippen LogP contribution is 2.24. The Labute approximate surface area is 198 Å². The number of aryl methyl sites for hydroxylation is 4. The van der Waals surface area contributed by atoms with Crippen molar-refractivity contribution in [3.05, 3.63) is 69.8 Å². The molecule has 0 saturated heterocycles. The molecule has 0 aromatic heterocycles. The van der Waals surface area contributed by atoms with Crippen LogP contribution < -0.4 is 10.6 Å². The number of amides is 2. The molecule has 6 nitrogen and oxygen atoms in total. The summed E-state index contributed by atoms with van der Waals surface area (Å²) in [5.74, 6) is 0. The molecular formula is C27H38N2O4. The monoisotopic (exact) mass is 454 g/mol. The van der Waals surface area contributed by atoms with E-state index in [-0.39, 0.29) is 13.2 Å². The van der Waals surface area contributed by atoms with Crippen LogP contribution in [0.4, 0.5) is 9.59 Å². The molecule has 0 atom stereocenters. The summed E-state index contributed by atoms with van der Waals surface area (Å²) in [6.07, 6.45) is -0.591. The summed E-state index contributed by atoms with van der Waals surface area (Å²) in [6, 6.07) is 12.2. The highest BCUT2D eigenvalue weighted by molar-refractivity contribution is 5.69. The number of carbonyl (C=O) groups is 2. The fourth-order valence-electron chi connectivity index (χ4n) is 3.38. The van der Waals surface area contributed by atoms with Crippen molar-refractivity contribution in [1.29, 1.82) is 0 Å².